The maximum absolute atomic E-state index is 13.1. The Balaban J connectivity index is 1.60. The highest BCUT2D eigenvalue weighted by atomic mass is 16.2. The Kier molecular flexibility index (Phi) is 4.59. The highest BCUT2D eigenvalue weighted by Crippen LogP contribution is 2.28. The summed E-state index contributed by atoms with van der Waals surface area (Å²) in [6, 6.07) is 15.9. The van der Waals surface area contributed by atoms with Crippen molar-refractivity contribution in [2.24, 2.45) is 0 Å². The van der Waals surface area contributed by atoms with Crippen LogP contribution < -0.4 is 10.2 Å². The van der Waals surface area contributed by atoms with E-state index >= 15 is 0 Å². The van der Waals surface area contributed by atoms with Crippen LogP contribution in [0.4, 0.5) is 17.3 Å². The molecule has 0 spiro atoms. The number of hydrogen-bond donors (Lipinski definition) is 1. The Bertz CT molecular complexity index is 979. The van der Waals surface area contributed by atoms with Crippen molar-refractivity contribution < 1.29 is 4.79 Å². The zero-order valence-corrected chi connectivity index (χ0v) is 15.6. The summed E-state index contributed by atoms with van der Waals surface area (Å²) in [5.74, 6) is 0.337. The molecule has 136 valence electrons. The Labute approximate surface area is 159 Å². The van der Waals surface area contributed by atoms with Crippen molar-refractivity contribution in [3.63, 3.8) is 0 Å². The predicted molar refractivity (Wildman–Crippen MR) is 108 cm³/mol. The van der Waals surface area contributed by atoms with E-state index in [0.29, 0.717) is 18.2 Å². The number of carbonyl (C=O) groups is 1. The number of fused-ring (bicyclic) bond motifs is 1. The molecule has 0 fully saturated rings. The van der Waals surface area contributed by atoms with Crippen molar-refractivity contribution in [1.82, 2.24) is 9.97 Å². The molecule has 0 bridgehead atoms. The van der Waals surface area contributed by atoms with Crippen molar-refractivity contribution in [3.05, 3.63) is 77.1 Å². The fraction of sp³-hybridized carbons (Fsp3) is 0.227. The molecule has 1 aromatic heterocycles. The van der Waals surface area contributed by atoms with E-state index in [1.165, 1.54) is 5.56 Å². The number of hydrogen-bond acceptors (Lipinski definition) is 4. The summed E-state index contributed by atoms with van der Waals surface area (Å²) in [7, 11) is 0. The van der Waals surface area contributed by atoms with Crippen molar-refractivity contribution in [2.45, 2.75) is 26.7 Å². The third kappa shape index (κ3) is 3.67. The zero-order valence-electron chi connectivity index (χ0n) is 15.6. The van der Waals surface area contributed by atoms with Crippen LogP contribution in [-0.4, -0.2) is 22.4 Å². The second-order valence-electron chi connectivity index (χ2n) is 6.96. The number of rotatable bonds is 3. The molecule has 0 atom stereocenters. The molecule has 27 heavy (non-hydrogen) atoms. The van der Waals surface area contributed by atoms with Crippen LogP contribution in [0.25, 0.3) is 0 Å². The van der Waals surface area contributed by atoms with E-state index < -0.39 is 0 Å². The third-order valence-electron chi connectivity index (χ3n) is 4.71. The molecule has 1 aliphatic rings. The molecular weight excluding hydrogens is 336 g/mol. The van der Waals surface area contributed by atoms with Gasteiger partial charge in [0.1, 0.15) is 5.69 Å². The maximum atomic E-state index is 13.1. The van der Waals surface area contributed by atoms with E-state index in [2.05, 4.69) is 27.4 Å². The smallest absolute Gasteiger partial charge is 0.277 e. The molecule has 0 unspecified atom stereocenters. The van der Waals surface area contributed by atoms with E-state index in [0.717, 1.165) is 35.3 Å². The molecule has 3 aromatic rings. The number of benzene rings is 2. The van der Waals surface area contributed by atoms with Gasteiger partial charge < -0.3 is 10.2 Å². The van der Waals surface area contributed by atoms with Gasteiger partial charge in [0.05, 0.1) is 0 Å². The van der Waals surface area contributed by atoms with Gasteiger partial charge in [-0.15, -0.1) is 0 Å². The Morgan fingerprint density at radius 2 is 1.85 bits per heavy atom. The SMILES string of the molecule is Cc1cc(C)cc(Nc2nccc(C(=O)N3CCCc4ccccc43)n2)c1. The number of nitrogens with one attached hydrogen (secondary N) is 1. The average molecular weight is 358 g/mol. The summed E-state index contributed by atoms with van der Waals surface area (Å²) in [6.45, 7) is 4.80. The first-order valence-corrected chi connectivity index (χ1v) is 9.18. The normalized spacial score (nSPS) is 13.2. The van der Waals surface area contributed by atoms with Crippen molar-refractivity contribution in [3.8, 4) is 0 Å². The number of anilines is 3. The van der Waals surface area contributed by atoms with Gasteiger partial charge in [0.2, 0.25) is 5.95 Å². The quantitative estimate of drug-likeness (QED) is 0.752. The molecule has 1 N–H and O–H groups in total. The first-order chi connectivity index (χ1) is 13.1. The first kappa shape index (κ1) is 17.2. The van der Waals surface area contributed by atoms with Crippen molar-refractivity contribution in [2.75, 3.05) is 16.8 Å². The molecule has 0 aliphatic carbocycles. The second kappa shape index (κ2) is 7.19. The minimum Gasteiger partial charge on any atom is -0.324 e. The minimum atomic E-state index is -0.0898. The number of aromatic nitrogens is 2. The summed E-state index contributed by atoms with van der Waals surface area (Å²) in [4.78, 5) is 23.6. The van der Waals surface area contributed by atoms with Gasteiger partial charge >= 0.3 is 0 Å². The minimum absolute atomic E-state index is 0.0898. The van der Waals surface area contributed by atoms with Crippen LogP contribution in [0.3, 0.4) is 0 Å². The summed E-state index contributed by atoms with van der Waals surface area (Å²) in [5, 5.41) is 3.21. The van der Waals surface area contributed by atoms with Gasteiger partial charge in [-0.2, -0.15) is 0 Å². The number of para-hydroxylation sites is 1. The standard InChI is InChI=1S/C22H22N4O/c1-15-12-16(2)14-18(13-15)24-22-23-10-9-19(25-22)21(27)26-11-5-7-17-6-3-4-8-20(17)26/h3-4,6,8-10,12-14H,5,7,11H2,1-2H3,(H,23,24,25). The summed E-state index contributed by atoms with van der Waals surface area (Å²) >= 11 is 0. The van der Waals surface area contributed by atoms with Crippen LogP contribution in [-0.2, 0) is 6.42 Å². The van der Waals surface area contributed by atoms with Gasteiger partial charge in [-0.25, -0.2) is 9.97 Å². The number of nitrogens with zero attached hydrogens (tertiary/aromatic N) is 3. The van der Waals surface area contributed by atoms with E-state index in [-0.39, 0.29) is 5.91 Å². The van der Waals surface area contributed by atoms with Crippen LogP contribution in [0, 0.1) is 13.8 Å². The van der Waals surface area contributed by atoms with Crippen LogP contribution >= 0.6 is 0 Å². The molecule has 4 rings (SSSR count). The van der Waals surface area contributed by atoms with Crippen molar-refractivity contribution >= 4 is 23.2 Å². The van der Waals surface area contributed by atoms with Gasteiger partial charge in [0.15, 0.2) is 0 Å². The molecule has 1 aliphatic heterocycles. The lowest BCUT2D eigenvalue weighted by atomic mass is 10.0. The Morgan fingerprint density at radius 3 is 2.67 bits per heavy atom. The maximum Gasteiger partial charge on any atom is 0.277 e. The van der Waals surface area contributed by atoms with Crippen molar-refractivity contribution in [1.29, 1.82) is 0 Å². The van der Waals surface area contributed by atoms with E-state index in [9.17, 15) is 4.79 Å². The lowest BCUT2D eigenvalue weighted by molar-refractivity contribution is 0.0980. The fourth-order valence-electron chi connectivity index (χ4n) is 3.60. The van der Waals surface area contributed by atoms with Crippen LogP contribution in [0.1, 0.15) is 33.6 Å². The van der Waals surface area contributed by atoms with Gasteiger partial charge in [-0.05, 0) is 67.6 Å². The molecule has 5 heteroatoms. The topological polar surface area (TPSA) is 58.1 Å². The highest BCUT2D eigenvalue weighted by molar-refractivity contribution is 6.05. The van der Waals surface area contributed by atoms with Gasteiger partial charge in [-0.1, -0.05) is 24.3 Å². The Morgan fingerprint density at radius 1 is 1.07 bits per heavy atom. The van der Waals surface area contributed by atoms with E-state index in [1.54, 1.807) is 12.3 Å². The van der Waals surface area contributed by atoms with Gasteiger partial charge in [-0.3, -0.25) is 4.79 Å². The summed E-state index contributed by atoms with van der Waals surface area (Å²) in [5.41, 5.74) is 5.83. The summed E-state index contributed by atoms with van der Waals surface area (Å²) in [6.07, 6.45) is 3.59. The lowest BCUT2D eigenvalue weighted by Gasteiger charge is -2.29. The summed E-state index contributed by atoms with van der Waals surface area (Å²) < 4.78 is 0. The number of carbonyl (C=O) groups excluding carboxylic acids is 1. The van der Waals surface area contributed by atoms with Gasteiger partial charge in [0, 0.05) is 24.1 Å². The molecule has 1 amide bonds. The molecular formula is C22H22N4O. The average Bonchev–Trinajstić information content (AvgIpc) is 2.66. The first-order valence-electron chi connectivity index (χ1n) is 9.18. The molecule has 0 saturated heterocycles. The number of aryl methyl sites for hydroxylation is 3. The van der Waals surface area contributed by atoms with Crippen LogP contribution in [0.15, 0.2) is 54.7 Å². The lowest BCUT2D eigenvalue weighted by Crippen LogP contribution is -2.36. The molecule has 0 radical (unpaired) electrons. The Hall–Kier alpha value is -3.21. The van der Waals surface area contributed by atoms with E-state index in [1.807, 2.05) is 49.1 Å². The monoisotopic (exact) mass is 358 g/mol. The molecule has 2 heterocycles. The second-order valence-corrected chi connectivity index (χ2v) is 6.96. The molecule has 0 saturated carbocycles. The number of amides is 1. The predicted octanol–water partition coefficient (Wildman–Crippen LogP) is 4.43. The van der Waals surface area contributed by atoms with E-state index in [4.69, 9.17) is 0 Å². The van der Waals surface area contributed by atoms with Crippen LogP contribution in [0.5, 0.6) is 0 Å². The fourth-order valence-corrected chi connectivity index (χ4v) is 3.60. The third-order valence-corrected chi connectivity index (χ3v) is 4.71. The highest BCUT2D eigenvalue weighted by Gasteiger charge is 2.24. The molecule has 5 nitrogen and oxygen atoms in total. The largest absolute Gasteiger partial charge is 0.324 e. The van der Waals surface area contributed by atoms with Crippen LogP contribution in [0.2, 0.25) is 0 Å². The zero-order chi connectivity index (χ0) is 18.8. The molecule has 2 aromatic carbocycles. The van der Waals surface area contributed by atoms with Gasteiger partial charge in [0.25, 0.3) is 5.91 Å².